The molecule has 0 N–H and O–H groups in total. The minimum absolute atomic E-state index is 0.0649. The first-order valence-corrected chi connectivity index (χ1v) is 9.92. The van der Waals surface area contributed by atoms with Gasteiger partial charge in [-0.05, 0) is 32.0 Å². The Morgan fingerprint density at radius 3 is 2.70 bits per heavy atom. The summed E-state index contributed by atoms with van der Waals surface area (Å²) in [7, 11) is -3.09. The van der Waals surface area contributed by atoms with Crippen molar-refractivity contribution in [3.8, 4) is 0 Å². The van der Waals surface area contributed by atoms with Crippen LogP contribution in [0.4, 0.5) is 0 Å². The van der Waals surface area contributed by atoms with Crippen molar-refractivity contribution in [2.24, 2.45) is 0 Å². The first-order valence-electron chi connectivity index (χ1n) is 8.10. The zero-order chi connectivity index (χ0) is 16.6. The summed E-state index contributed by atoms with van der Waals surface area (Å²) >= 11 is 0. The molecule has 0 aromatic carbocycles. The number of amides is 1. The maximum absolute atomic E-state index is 12.8. The summed E-state index contributed by atoms with van der Waals surface area (Å²) in [4.78, 5) is 21.1. The van der Waals surface area contributed by atoms with Crippen LogP contribution in [0, 0.1) is 6.92 Å². The molecule has 0 unspecified atom stereocenters. The van der Waals surface area contributed by atoms with Crippen molar-refractivity contribution < 1.29 is 13.2 Å². The molecule has 1 aromatic rings. The highest BCUT2D eigenvalue weighted by molar-refractivity contribution is 7.91. The first kappa shape index (κ1) is 16.4. The van der Waals surface area contributed by atoms with Crippen LogP contribution in [0.3, 0.4) is 0 Å². The van der Waals surface area contributed by atoms with Gasteiger partial charge >= 0.3 is 0 Å². The van der Waals surface area contributed by atoms with E-state index in [0.717, 1.165) is 25.2 Å². The molecule has 7 heteroatoms. The third kappa shape index (κ3) is 3.26. The molecule has 0 radical (unpaired) electrons. The molecule has 1 amide bonds. The van der Waals surface area contributed by atoms with Gasteiger partial charge in [-0.25, -0.2) is 13.4 Å². The Balaban J connectivity index is 1.87. The lowest BCUT2D eigenvalue weighted by atomic mass is 10.0. The van der Waals surface area contributed by atoms with Crippen LogP contribution in [0.1, 0.15) is 29.5 Å². The normalized spacial score (nSPS) is 27.0. The largest absolute Gasteiger partial charge is 0.330 e. The fraction of sp³-hybridized carbons (Fsp3) is 0.625. The summed E-state index contributed by atoms with van der Waals surface area (Å²) < 4.78 is 24.3. The number of piperazine rings is 1. The zero-order valence-corrected chi connectivity index (χ0v) is 14.4. The summed E-state index contributed by atoms with van der Waals surface area (Å²) in [5.74, 6) is 0.0648. The average Bonchev–Trinajstić information content (AvgIpc) is 2.82. The van der Waals surface area contributed by atoms with Crippen molar-refractivity contribution in [2.75, 3.05) is 31.1 Å². The van der Waals surface area contributed by atoms with E-state index < -0.39 is 9.84 Å². The number of sulfone groups is 1. The summed E-state index contributed by atoms with van der Waals surface area (Å²) in [6.07, 6.45) is 0.983. The molecular weight excluding hydrogens is 314 g/mol. The molecule has 2 atom stereocenters. The maximum atomic E-state index is 12.8. The van der Waals surface area contributed by atoms with Crippen LogP contribution in [-0.4, -0.2) is 72.3 Å². The third-order valence-electron chi connectivity index (χ3n) is 4.67. The Hall–Kier alpha value is -1.47. The highest BCUT2D eigenvalue weighted by Crippen LogP contribution is 2.28. The first-order chi connectivity index (χ1) is 10.9. The molecule has 3 heterocycles. The number of pyridine rings is 1. The molecule has 2 saturated heterocycles. The van der Waals surface area contributed by atoms with Gasteiger partial charge in [0.2, 0.25) is 0 Å². The number of aryl methyl sites for hydroxylation is 1. The van der Waals surface area contributed by atoms with Crippen LogP contribution in [0.25, 0.3) is 0 Å². The Morgan fingerprint density at radius 2 is 2.00 bits per heavy atom. The van der Waals surface area contributed by atoms with Crippen LogP contribution in [0.15, 0.2) is 18.2 Å². The number of carbonyl (C=O) groups excluding carboxylic acids is 1. The van der Waals surface area contributed by atoms with Gasteiger partial charge in [0.1, 0.15) is 5.69 Å². The van der Waals surface area contributed by atoms with Crippen molar-refractivity contribution in [3.05, 3.63) is 29.6 Å². The topological polar surface area (TPSA) is 70.6 Å². The molecular formula is C16H23N3O3S. The van der Waals surface area contributed by atoms with Crippen LogP contribution in [-0.2, 0) is 9.84 Å². The van der Waals surface area contributed by atoms with E-state index in [0.29, 0.717) is 12.2 Å². The Morgan fingerprint density at radius 1 is 1.26 bits per heavy atom. The van der Waals surface area contributed by atoms with Crippen molar-refractivity contribution in [1.29, 1.82) is 0 Å². The van der Waals surface area contributed by atoms with Gasteiger partial charge in [-0.2, -0.15) is 0 Å². The van der Waals surface area contributed by atoms with E-state index in [1.807, 2.05) is 19.1 Å². The number of carbonyl (C=O) groups is 1. The van der Waals surface area contributed by atoms with Gasteiger partial charge in [0, 0.05) is 24.8 Å². The molecule has 2 fully saturated rings. The van der Waals surface area contributed by atoms with Crippen molar-refractivity contribution in [2.45, 2.75) is 32.4 Å². The predicted octanol–water partition coefficient (Wildman–Crippen LogP) is 0.723. The van der Waals surface area contributed by atoms with E-state index in [1.54, 1.807) is 11.0 Å². The fourth-order valence-corrected chi connectivity index (χ4v) is 5.66. The second kappa shape index (κ2) is 6.20. The Kier molecular flexibility index (Phi) is 4.42. The second-order valence-corrected chi connectivity index (χ2v) is 8.56. The highest BCUT2D eigenvalue weighted by Gasteiger charge is 2.47. The summed E-state index contributed by atoms with van der Waals surface area (Å²) in [5.41, 5.74) is 1.19. The van der Waals surface area contributed by atoms with Crippen molar-refractivity contribution in [3.63, 3.8) is 0 Å². The predicted molar refractivity (Wildman–Crippen MR) is 88.1 cm³/mol. The van der Waals surface area contributed by atoms with Crippen LogP contribution in [0.5, 0.6) is 0 Å². The zero-order valence-electron chi connectivity index (χ0n) is 13.6. The highest BCUT2D eigenvalue weighted by atomic mass is 32.2. The molecule has 0 bridgehead atoms. The number of hydrogen-bond acceptors (Lipinski definition) is 5. The van der Waals surface area contributed by atoms with Gasteiger partial charge in [0.15, 0.2) is 9.84 Å². The molecule has 126 valence electrons. The van der Waals surface area contributed by atoms with E-state index in [1.165, 1.54) is 0 Å². The molecule has 2 aliphatic rings. The van der Waals surface area contributed by atoms with Gasteiger partial charge in [-0.1, -0.05) is 13.0 Å². The smallest absolute Gasteiger partial charge is 0.272 e. The average molecular weight is 337 g/mol. The minimum Gasteiger partial charge on any atom is -0.330 e. The van der Waals surface area contributed by atoms with Gasteiger partial charge in [0.05, 0.1) is 17.5 Å². The standard InChI is InChI=1S/C16H23N3O3S/c1-3-7-18-8-9-19(15-11-23(21,22)10-14(15)18)16(20)13-6-4-5-12(2)17-13/h4-6,14-15H,3,7-11H2,1-2H3/t14-,15+/m1/s1. The number of nitrogens with zero attached hydrogens (tertiary/aromatic N) is 3. The SMILES string of the molecule is CCCN1CCN(C(=O)c2cccc(C)n2)[C@H]2CS(=O)(=O)C[C@H]21. The summed E-state index contributed by atoms with van der Waals surface area (Å²) in [6, 6.07) is 5.02. The summed E-state index contributed by atoms with van der Waals surface area (Å²) in [6.45, 7) is 6.10. The van der Waals surface area contributed by atoms with E-state index in [4.69, 9.17) is 0 Å². The summed E-state index contributed by atoms with van der Waals surface area (Å²) in [5, 5.41) is 0. The van der Waals surface area contributed by atoms with Gasteiger partial charge < -0.3 is 4.90 Å². The van der Waals surface area contributed by atoms with Gasteiger partial charge in [-0.15, -0.1) is 0 Å². The van der Waals surface area contributed by atoms with E-state index in [9.17, 15) is 13.2 Å². The monoisotopic (exact) mass is 337 g/mol. The lowest BCUT2D eigenvalue weighted by Gasteiger charge is -2.43. The van der Waals surface area contributed by atoms with E-state index in [2.05, 4.69) is 16.8 Å². The van der Waals surface area contributed by atoms with Crippen molar-refractivity contribution in [1.82, 2.24) is 14.8 Å². The minimum atomic E-state index is -3.09. The van der Waals surface area contributed by atoms with Crippen LogP contribution < -0.4 is 0 Å². The third-order valence-corrected chi connectivity index (χ3v) is 6.37. The lowest BCUT2D eigenvalue weighted by Crippen LogP contribution is -2.60. The van der Waals surface area contributed by atoms with Gasteiger partial charge in [-0.3, -0.25) is 9.69 Å². The van der Waals surface area contributed by atoms with Crippen molar-refractivity contribution >= 4 is 15.7 Å². The second-order valence-electron chi connectivity index (χ2n) is 6.41. The van der Waals surface area contributed by atoms with Gasteiger partial charge in [0.25, 0.3) is 5.91 Å². The quantitative estimate of drug-likeness (QED) is 0.813. The number of aromatic nitrogens is 1. The maximum Gasteiger partial charge on any atom is 0.272 e. The fourth-order valence-electron chi connectivity index (χ4n) is 3.65. The molecule has 2 aliphatic heterocycles. The molecule has 1 aromatic heterocycles. The Bertz CT molecular complexity index is 704. The van der Waals surface area contributed by atoms with Crippen LogP contribution in [0.2, 0.25) is 0 Å². The molecule has 0 saturated carbocycles. The number of hydrogen-bond donors (Lipinski definition) is 0. The molecule has 0 aliphatic carbocycles. The van der Waals surface area contributed by atoms with E-state index >= 15 is 0 Å². The van der Waals surface area contributed by atoms with E-state index in [-0.39, 0.29) is 29.5 Å². The van der Waals surface area contributed by atoms with Crippen LogP contribution >= 0.6 is 0 Å². The molecule has 6 nitrogen and oxygen atoms in total. The molecule has 0 spiro atoms. The molecule has 23 heavy (non-hydrogen) atoms. The number of fused-ring (bicyclic) bond motifs is 1. The Labute approximate surface area is 137 Å². The lowest BCUT2D eigenvalue weighted by molar-refractivity contribution is 0.0328. The number of rotatable bonds is 3. The molecule has 3 rings (SSSR count).